The molecule has 0 spiro atoms. The molecule has 1 aliphatic heterocycles. The maximum absolute atomic E-state index is 12.2. The number of aliphatic hydroxyl groups excluding tert-OH is 1. The van der Waals surface area contributed by atoms with E-state index in [2.05, 4.69) is 26.6 Å². The fraction of sp³-hybridized carbons (Fsp3) is 0.353. The Labute approximate surface area is 159 Å². The molecule has 0 saturated carbocycles. The minimum Gasteiger partial charge on any atom is -0.444 e. The number of carbonyl (C=O) groups excluding carboxylic acids is 3. The molecule has 140 valence electrons. The summed E-state index contributed by atoms with van der Waals surface area (Å²) in [5.41, 5.74) is 0.392. The van der Waals surface area contributed by atoms with Crippen molar-refractivity contribution in [3.63, 3.8) is 0 Å². The Balaban J connectivity index is 2.13. The largest absolute Gasteiger partial charge is 0.444 e. The van der Waals surface area contributed by atoms with Gasteiger partial charge in [0.1, 0.15) is 11.3 Å². The maximum Gasteiger partial charge on any atom is 0.412 e. The molecule has 1 heterocycles. The van der Waals surface area contributed by atoms with Crippen molar-refractivity contribution in [3.8, 4) is 0 Å². The summed E-state index contributed by atoms with van der Waals surface area (Å²) in [6, 6.07) is 4.94. The first-order valence-corrected chi connectivity index (χ1v) is 8.65. The summed E-state index contributed by atoms with van der Waals surface area (Å²) >= 11 is 3.35. The number of amides is 3. The number of nitrogens with one attached hydrogen (secondary N) is 2. The average molecular weight is 426 g/mol. The van der Waals surface area contributed by atoms with Crippen LogP contribution in [-0.4, -0.2) is 46.7 Å². The molecule has 26 heavy (non-hydrogen) atoms. The lowest BCUT2D eigenvalue weighted by Gasteiger charge is -2.20. The number of imide groups is 1. The summed E-state index contributed by atoms with van der Waals surface area (Å²) < 4.78 is 5.83. The fourth-order valence-electron chi connectivity index (χ4n) is 2.18. The van der Waals surface area contributed by atoms with Crippen LogP contribution in [0.25, 0.3) is 0 Å². The van der Waals surface area contributed by atoms with E-state index in [4.69, 9.17) is 9.84 Å². The molecule has 0 bridgehead atoms. The van der Waals surface area contributed by atoms with Gasteiger partial charge in [0, 0.05) is 16.2 Å². The molecule has 1 aliphatic rings. The van der Waals surface area contributed by atoms with Crippen molar-refractivity contribution in [2.75, 3.05) is 23.8 Å². The van der Waals surface area contributed by atoms with Gasteiger partial charge in [-0.25, -0.2) is 4.79 Å². The van der Waals surface area contributed by atoms with Gasteiger partial charge >= 0.3 is 6.09 Å². The Bertz CT molecular complexity index is 770. The number of benzene rings is 1. The Morgan fingerprint density at radius 2 is 2.00 bits per heavy atom. The summed E-state index contributed by atoms with van der Waals surface area (Å²) in [7, 11) is 0. The van der Waals surface area contributed by atoms with Gasteiger partial charge in [0.25, 0.3) is 11.8 Å². The number of rotatable bonds is 5. The van der Waals surface area contributed by atoms with Crippen LogP contribution in [0.15, 0.2) is 34.4 Å². The molecule has 1 aromatic carbocycles. The third kappa shape index (κ3) is 5.06. The van der Waals surface area contributed by atoms with Gasteiger partial charge in [0.2, 0.25) is 0 Å². The minimum absolute atomic E-state index is 0.0687. The molecule has 3 amide bonds. The Kier molecular flexibility index (Phi) is 6.04. The van der Waals surface area contributed by atoms with E-state index in [0.717, 1.165) is 4.90 Å². The van der Waals surface area contributed by atoms with Crippen LogP contribution < -0.4 is 10.6 Å². The minimum atomic E-state index is -0.627. The standard InChI is InChI=1S/C17H20BrN3O5/c1-17(2,3)26-16(25)19-10-4-5-11(18)12(8-10)20-13-9-14(23)21(6-7-22)15(13)24/h4-5,8-9,20,22H,6-7H2,1-3H3,(H,19,25). The van der Waals surface area contributed by atoms with E-state index in [1.54, 1.807) is 39.0 Å². The number of β-amino-alcohol motifs (C(OH)–C–C–N with tert-alkyl or cyclic N) is 1. The molecular formula is C17H20BrN3O5. The molecule has 8 nitrogen and oxygen atoms in total. The van der Waals surface area contributed by atoms with Gasteiger partial charge in [0.05, 0.1) is 18.8 Å². The number of hydrogen-bond acceptors (Lipinski definition) is 6. The van der Waals surface area contributed by atoms with Gasteiger partial charge in [0.15, 0.2) is 0 Å². The van der Waals surface area contributed by atoms with Gasteiger partial charge in [-0.3, -0.25) is 19.8 Å². The molecule has 0 radical (unpaired) electrons. The van der Waals surface area contributed by atoms with E-state index >= 15 is 0 Å². The number of nitrogens with zero attached hydrogens (tertiary/aromatic N) is 1. The van der Waals surface area contributed by atoms with Crippen molar-refractivity contribution in [1.29, 1.82) is 0 Å². The second kappa shape index (κ2) is 7.88. The van der Waals surface area contributed by atoms with Crippen molar-refractivity contribution >= 4 is 45.2 Å². The molecule has 0 fully saturated rings. The number of hydrogen-bond donors (Lipinski definition) is 3. The average Bonchev–Trinajstić information content (AvgIpc) is 2.77. The Hall–Kier alpha value is -2.39. The molecule has 0 aliphatic carbocycles. The lowest BCUT2D eigenvalue weighted by atomic mass is 10.2. The Morgan fingerprint density at radius 3 is 2.62 bits per heavy atom. The molecule has 9 heteroatoms. The third-order valence-corrected chi connectivity index (χ3v) is 3.91. The Morgan fingerprint density at radius 1 is 1.31 bits per heavy atom. The van der Waals surface area contributed by atoms with Gasteiger partial charge in [-0.15, -0.1) is 0 Å². The monoisotopic (exact) mass is 425 g/mol. The van der Waals surface area contributed by atoms with Gasteiger partial charge in [-0.2, -0.15) is 0 Å². The molecule has 2 rings (SSSR count). The van der Waals surface area contributed by atoms with Crippen molar-refractivity contribution in [2.24, 2.45) is 0 Å². The highest BCUT2D eigenvalue weighted by molar-refractivity contribution is 9.10. The smallest absolute Gasteiger partial charge is 0.412 e. The second-order valence-electron chi connectivity index (χ2n) is 6.52. The first kappa shape index (κ1) is 19.9. The van der Waals surface area contributed by atoms with E-state index in [1.807, 2.05) is 0 Å². The quantitative estimate of drug-likeness (QED) is 0.625. The first-order chi connectivity index (χ1) is 12.1. The highest BCUT2D eigenvalue weighted by Gasteiger charge is 2.30. The van der Waals surface area contributed by atoms with E-state index in [-0.39, 0.29) is 18.8 Å². The van der Waals surface area contributed by atoms with Crippen molar-refractivity contribution < 1.29 is 24.2 Å². The number of anilines is 2. The second-order valence-corrected chi connectivity index (χ2v) is 7.38. The zero-order valence-electron chi connectivity index (χ0n) is 14.6. The SMILES string of the molecule is CC(C)(C)OC(=O)Nc1ccc(Br)c(NC2=CC(=O)N(CCO)C2=O)c1. The van der Waals surface area contributed by atoms with Gasteiger partial charge < -0.3 is 15.2 Å². The van der Waals surface area contributed by atoms with Gasteiger partial charge in [-0.1, -0.05) is 0 Å². The first-order valence-electron chi connectivity index (χ1n) is 7.85. The van der Waals surface area contributed by atoms with Crippen LogP contribution in [-0.2, 0) is 14.3 Å². The lowest BCUT2D eigenvalue weighted by Crippen LogP contribution is -2.34. The zero-order chi connectivity index (χ0) is 19.5. The van der Waals surface area contributed by atoms with E-state index in [1.165, 1.54) is 6.08 Å². The highest BCUT2D eigenvalue weighted by Crippen LogP contribution is 2.28. The van der Waals surface area contributed by atoms with Crippen molar-refractivity contribution in [2.45, 2.75) is 26.4 Å². The number of ether oxygens (including phenoxy) is 1. The van der Waals surface area contributed by atoms with E-state index in [9.17, 15) is 14.4 Å². The number of halogens is 1. The van der Waals surface area contributed by atoms with E-state index < -0.39 is 23.5 Å². The van der Waals surface area contributed by atoms with Crippen molar-refractivity contribution in [1.82, 2.24) is 4.90 Å². The van der Waals surface area contributed by atoms with Gasteiger partial charge in [-0.05, 0) is 54.9 Å². The third-order valence-electron chi connectivity index (χ3n) is 3.21. The maximum atomic E-state index is 12.2. The highest BCUT2D eigenvalue weighted by atomic mass is 79.9. The molecule has 0 atom stereocenters. The molecule has 0 aromatic heterocycles. The summed E-state index contributed by atoms with van der Waals surface area (Å²) in [6.45, 7) is 4.90. The van der Waals surface area contributed by atoms with Crippen LogP contribution in [0.2, 0.25) is 0 Å². The number of carbonyl (C=O) groups is 3. The molecule has 0 saturated heterocycles. The zero-order valence-corrected chi connectivity index (χ0v) is 16.2. The van der Waals surface area contributed by atoms with Crippen LogP contribution >= 0.6 is 15.9 Å². The predicted octanol–water partition coefficient (Wildman–Crippen LogP) is 2.45. The van der Waals surface area contributed by atoms with Crippen LogP contribution in [0.5, 0.6) is 0 Å². The molecule has 0 unspecified atom stereocenters. The molecule has 1 aromatic rings. The normalized spacial score (nSPS) is 14.3. The fourth-order valence-corrected chi connectivity index (χ4v) is 2.52. The summed E-state index contributed by atoms with van der Waals surface area (Å²) in [6.07, 6.45) is 0.560. The number of aliphatic hydroxyl groups is 1. The topological polar surface area (TPSA) is 108 Å². The summed E-state index contributed by atoms with van der Waals surface area (Å²) in [4.78, 5) is 36.8. The van der Waals surface area contributed by atoms with Crippen LogP contribution in [0.1, 0.15) is 20.8 Å². The van der Waals surface area contributed by atoms with Crippen molar-refractivity contribution in [3.05, 3.63) is 34.4 Å². The van der Waals surface area contributed by atoms with Crippen LogP contribution in [0, 0.1) is 0 Å². The summed E-state index contributed by atoms with van der Waals surface area (Å²) in [5.74, 6) is -1.02. The van der Waals surface area contributed by atoms with Crippen LogP contribution in [0.4, 0.5) is 16.2 Å². The van der Waals surface area contributed by atoms with Crippen LogP contribution in [0.3, 0.4) is 0 Å². The molecule has 3 N–H and O–H groups in total. The molecular weight excluding hydrogens is 406 g/mol. The summed E-state index contributed by atoms with van der Waals surface area (Å²) in [5, 5.41) is 14.4. The van der Waals surface area contributed by atoms with E-state index in [0.29, 0.717) is 15.8 Å². The predicted molar refractivity (Wildman–Crippen MR) is 99.5 cm³/mol. The lowest BCUT2D eigenvalue weighted by molar-refractivity contribution is -0.137.